The van der Waals surface area contributed by atoms with Crippen molar-refractivity contribution in [2.24, 2.45) is 0 Å². The normalized spacial score (nSPS) is 13.0. The molecule has 0 spiro atoms. The van der Waals surface area contributed by atoms with Crippen LogP contribution in [0.15, 0.2) is 30.3 Å². The number of aliphatic hydroxyl groups is 2. The number of benzene rings is 1. The average molecular weight is 241 g/mol. The van der Waals surface area contributed by atoms with Gasteiger partial charge in [0, 0.05) is 11.8 Å². The molecule has 0 radical (unpaired) electrons. The van der Waals surface area contributed by atoms with E-state index in [2.05, 4.69) is 17.4 Å². The zero-order chi connectivity index (χ0) is 11.8. The monoisotopic (exact) mass is 241 g/mol. The Bertz CT molecular complexity index is 278. The minimum Gasteiger partial charge on any atom is -0.395 e. The quantitative estimate of drug-likeness (QED) is 0.667. The lowest BCUT2D eigenvalue weighted by atomic mass is 10.1. The Morgan fingerprint density at radius 2 is 1.81 bits per heavy atom. The van der Waals surface area contributed by atoms with Crippen molar-refractivity contribution in [3.8, 4) is 0 Å². The molecule has 1 unspecified atom stereocenters. The molecule has 0 saturated heterocycles. The number of hydrogen-bond donors (Lipinski definition) is 3. The molecule has 1 rings (SSSR count). The van der Waals surface area contributed by atoms with Gasteiger partial charge in [-0.2, -0.15) is 11.8 Å². The van der Waals surface area contributed by atoms with Crippen molar-refractivity contribution in [3.05, 3.63) is 35.9 Å². The highest BCUT2D eigenvalue weighted by molar-refractivity contribution is 7.98. The highest BCUT2D eigenvalue weighted by Crippen LogP contribution is 2.17. The smallest absolute Gasteiger partial charge is 0.0607 e. The van der Waals surface area contributed by atoms with E-state index < -0.39 is 0 Å². The molecule has 0 fully saturated rings. The lowest BCUT2D eigenvalue weighted by molar-refractivity contribution is 0.164. The molecule has 4 heteroatoms. The van der Waals surface area contributed by atoms with Crippen LogP contribution in [0.3, 0.4) is 0 Å². The first-order chi connectivity index (χ1) is 7.81. The number of thioether (sulfide) groups is 1. The molecule has 0 aliphatic rings. The van der Waals surface area contributed by atoms with Crippen LogP contribution in [0, 0.1) is 0 Å². The lowest BCUT2D eigenvalue weighted by Gasteiger charge is -2.23. The van der Waals surface area contributed by atoms with E-state index in [-0.39, 0.29) is 25.3 Å². The molecule has 3 N–H and O–H groups in total. The van der Waals surface area contributed by atoms with E-state index in [4.69, 9.17) is 10.2 Å². The zero-order valence-corrected chi connectivity index (χ0v) is 10.3. The minimum absolute atomic E-state index is 0.0474. The van der Waals surface area contributed by atoms with Gasteiger partial charge in [0.15, 0.2) is 0 Å². The van der Waals surface area contributed by atoms with Gasteiger partial charge in [-0.15, -0.1) is 0 Å². The number of nitrogens with one attached hydrogen (secondary N) is 1. The van der Waals surface area contributed by atoms with Crippen LogP contribution in [0.2, 0.25) is 0 Å². The molecule has 0 saturated carbocycles. The maximum atomic E-state index is 9.06. The van der Waals surface area contributed by atoms with E-state index >= 15 is 0 Å². The van der Waals surface area contributed by atoms with Gasteiger partial charge in [0.2, 0.25) is 0 Å². The molecule has 3 nitrogen and oxygen atoms in total. The molecule has 1 aromatic rings. The standard InChI is InChI=1S/C12H19NO2S/c1-16-9-12(13-11(7-14)8-15)10-5-3-2-4-6-10/h2-6,11-15H,7-9H2,1H3. The van der Waals surface area contributed by atoms with E-state index in [9.17, 15) is 0 Å². The molecular formula is C12H19NO2S. The summed E-state index contributed by atoms with van der Waals surface area (Å²) < 4.78 is 0. The molecule has 16 heavy (non-hydrogen) atoms. The first-order valence-electron chi connectivity index (χ1n) is 5.33. The van der Waals surface area contributed by atoms with Crippen LogP contribution >= 0.6 is 11.8 Å². The van der Waals surface area contributed by atoms with Gasteiger partial charge < -0.3 is 15.5 Å². The van der Waals surface area contributed by atoms with Crippen LogP contribution in [0.4, 0.5) is 0 Å². The Morgan fingerprint density at radius 1 is 1.19 bits per heavy atom. The Hall–Kier alpha value is -0.550. The van der Waals surface area contributed by atoms with Crippen LogP contribution in [-0.2, 0) is 0 Å². The van der Waals surface area contributed by atoms with Gasteiger partial charge in [-0.25, -0.2) is 0 Å². The number of aliphatic hydroxyl groups excluding tert-OH is 2. The topological polar surface area (TPSA) is 52.5 Å². The molecule has 1 atom stereocenters. The summed E-state index contributed by atoms with van der Waals surface area (Å²) in [5.41, 5.74) is 1.18. The van der Waals surface area contributed by atoms with Crippen LogP contribution in [-0.4, -0.2) is 41.5 Å². The van der Waals surface area contributed by atoms with Crippen molar-refractivity contribution in [2.75, 3.05) is 25.2 Å². The molecule has 1 aromatic carbocycles. The fourth-order valence-electron chi connectivity index (χ4n) is 1.54. The van der Waals surface area contributed by atoms with Gasteiger partial charge in [-0.3, -0.25) is 0 Å². The summed E-state index contributed by atoms with van der Waals surface area (Å²) in [6.07, 6.45) is 2.05. The summed E-state index contributed by atoms with van der Waals surface area (Å²) in [6, 6.07) is 10.0. The maximum Gasteiger partial charge on any atom is 0.0607 e. The van der Waals surface area contributed by atoms with E-state index in [0.29, 0.717) is 0 Å². The van der Waals surface area contributed by atoms with E-state index in [1.54, 1.807) is 11.8 Å². The number of rotatable bonds is 7. The van der Waals surface area contributed by atoms with Crippen LogP contribution < -0.4 is 5.32 Å². The third kappa shape index (κ3) is 4.14. The SMILES string of the molecule is CSCC(NC(CO)CO)c1ccccc1. The van der Waals surface area contributed by atoms with E-state index in [1.165, 1.54) is 5.56 Å². The highest BCUT2D eigenvalue weighted by Gasteiger charge is 2.15. The van der Waals surface area contributed by atoms with Crippen LogP contribution in [0.5, 0.6) is 0 Å². The molecule has 90 valence electrons. The summed E-state index contributed by atoms with van der Waals surface area (Å²) in [7, 11) is 0. The van der Waals surface area contributed by atoms with E-state index in [0.717, 1.165) is 5.75 Å². The van der Waals surface area contributed by atoms with Crippen molar-refractivity contribution in [1.82, 2.24) is 5.32 Å². The van der Waals surface area contributed by atoms with Crippen molar-refractivity contribution in [3.63, 3.8) is 0 Å². The van der Waals surface area contributed by atoms with Crippen LogP contribution in [0.1, 0.15) is 11.6 Å². The van der Waals surface area contributed by atoms with Crippen molar-refractivity contribution in [2.45, 2.75) is 12.1 Å². The van der Waals surface area contributed by atoms with Crippen molar-refractivity contribution < 1.29 is 10.2 Å². The predicted octanol–water partition coefficient (Wildman–Crippen LogP) is 1.03. The van der Waals surface area contributed by atoms with Crippen molar-refractivity contribution >= 4 is 11.8 Å². The molecule has 0 amide bonds. The second-order valence-electron chi connectivity index (χ2n) is 3.65. The van der Waals surface area contributed by atoms with E-state index in [1.807, 2.05) is 24.5 Å². The van der Waals surface area contributed by atoms with Gasteiger partial charge in [-0.1, -0.05) is 30.3 Å². The molecule has 0 heterocycles. The van der Waals surface area contributed by atoms with Gasteiger partial charge in [-0.05, 0) is 11.8 Å². The highest BCUT2D eigenvalue weighted by atomic mass is 32.2. The van der Waals surface area contributed by atoms with Gasteiger partial charge in [0.25, 0.3) is 0 Å². The van der Waals surface area contributed by atoms with Crippen LogP contribution in [0.25, 0.3) is 0 Å². The van der Waals surface area contributed by atoms with Crippen molar-refractivity contribution in [1.29, 1.82) is 0 Å². The Kier molecular flexibility index (Phi) is 6.49. The summed E-state index contributed by atoms with van der Waals surface area (Å²) in [6.45, 7) is -0.0948. The maximum absolute atomic E-state index is 9.06. The summed E-state index contributed by atoms with van der Waals surface area (Å²) in [4.78, 5) is 0. The summed E-state index contributed by atoms with van der Waals surface area (Å²) >= 11 is 1.74. The third-order valence-electron chi connectivity index (χ3n) is 2.41. The first kappa shape index (κ1) is 13.5. The Morgan fingerprint density at radius 3 is 2.31 bits per heavy atom. The molecule has 0 aliphatic heterocycles. The fourth-order valence-corrected chi connectivity index (χ4v) is 2.16. The molecule has 0 aromatic heterocycles. The second-order valence-corrected chi connectivity index (χ2v) is 4.56. The lowest BCUT2D eigenvalue weighted by Crippen LogP contribution is -2.39. The van der Waals surface area contributed by atoms with Gasteiger partial charge in [0.1, 0.15) is 0 Å². The predicted molar refractivity (Wildman–Crippen MR) is 68.7 cm³/mol. The van der Waals surface area contributed by atoms with Gasteiger partial charge >= 0.3 is 0 Å². The zero-order valence-electron chi connectivity index (χ0n) is 9.47. The summed E-state index contributed by atoms with van der Waals surface area (Å²) in [5.74, 6) is 0.917. The number of hydrogen-bond acceptors (Lipinski definition) is 4. The van der Waals surface area contributed by atoms with Gasteiger partial charge in [0.05, 0.1) is 19.3 Å². The Balaban J connectivity index is 2.67. The first-order valence-corrected chi connectivity index (χ1v) is 6.72. The molecule has 0 aliphatic carbocycles. The summed E-state index contributed by atoms with van der Waals surface area (Å²) in [5, 5.41) is 21.4. The average Bonchev–Trinajstić information content (AvgIpc) is 2.35. The molecule has 0 bridgehead atoms. The second kappa shape index (κ2) is 7.68. The largest absolute Gasteiger partial charge is 0.395 e. The fraction of sp³-hybridized carbons (Fsp3) is 0.500. The molecular weight excluding hydrogens is 222 g/mol. The Labute approximate surface area is 101 Å². The minimum atomic E-state index is -0.252. The third-order valence-corrected chi connectivity index (χ3v) is 3.08.